The van der Waals surface area contributed by atoms with Gasteiger partial charge in [0.15, 0.2) is 5.16 Å². The number of nitrogen functional groups attached to an aromatic ring is 1. The van der Waals surface area contributed by atoms with Gasteiger partial charge in [0.25, 0.3) is 5.56 Å². The van der Waals surface area contributed by atoms with Gasteiger partial charge in [-0.05, 0) is 0 Å². The summed E-state index contributed by atoms with van der Waals surface area (Å²) in [7, 11) is 0. The first-order valence-electron chi connectivity index (χ1n) is 3.56. The molecule has 1 rings (SSSR count). The molecule has 1 aromatic heterocycles. The van der Waals surface area contributed by atoms with Crippen LogP contribution in [0, 0.1) is 0 Å². The molecule has 3 N–H and O–H groups in total. The Hall–Kier alpha value is -0.650. The van der Waals surface area contributed by atoms with E-state index in [0.717, 1.165) is 0 Å². The van der Waals surface area contributed by atoms with E-state index in [9.17, 15) is 4.79 Å². The van der Waals surface area contributed by atoms with Gasteiger partial charge in [0, 0.05) is 22.4 Å². The van der Waals surface area contributed by atoms with Crippen LogP contribution in [0.3, 0.4) is 0 Å². The molecule has 14 heavy (non-hydrogen) atoms. The summed E-state index contributed by atoms with van der Waals surface area (Å²) < 4.78 is 0. The quantitative estimate of drug-likeness (QED) is 0.635. The lowest BCUT2D eigenvalue weighted by Crippen LogP contribution is -2.09. The Morgan fingerprint density at radius 2 is 2.50 bits per heavy atom. The molecule has 0 bridgehead atoms. The van der Waals surface area contributed by atoms with Crippen molar-refractivity contribution in [1.82, 2.24) is 9.97 Å². The largest absolute Gasteiger partial charge is 0.383 e. The molecule has 4 nitrogen and oxygen atoms in total. The summed E-state index contributed by atoms with van der Waals surface area (Å²) in [6, 6.07) is 1.21. The van der Waals surface area contributed by atoms with E-state index < -0.39 is 0 Å². The standard InChI is InChI=1S/C7H7Cl2N3OS/c8-2-4(9)3-14-7-11-5(10)1-6(13)12-7/h1-2H,3H2,(H3,10,11,12,13)/b4-2-. The first kappa shape index (κ1) is 11.4. The molecule has 0 atom stereocenters. The van der Waals surface area contributed by atoms with Crippen molar-refractivity contribution in [3.8, 4) is 0 Å². The number of aromatic nitrogens is 2. The Morgan fingerprint density at radius 1 is 1.79 bits per heavy atom. The van der Waals surface area contributed by atoms with Gasteiger partial charge < -0.3 is 10.7 Å². The second-order valence-corrected chi connectivity index (χ2v) is 3.99. The molecule has 0 unspecified atom stereocenters. The van der Waals surface area contributed by atoms with Crippen molar-refractivity contribution in [1.29, 1.82) is 0 Å². The number of hydrogen-bond acceptors (Lipinski definition) is 4. The number of thioether (sulfide) groups is 1. The zero-order chi connectivity index (χ0) is 10.6. The summed E-state index contributed by atoms with van der Waals surface area (Å²) in [5, 5.41) is 0.897. The lowest BCUT2D eigenvalue weighted by atomic mass is 10.6. The van der Waals surface area contributed by atoms with E-state index in [2.05, 4.69) is 9.97 Å². The minimum atomic E-state index is -0.286. The minimum absolute atomic E-state index is 0.183. The van der Waals surface area contributed by atoms with Gasteiger partial charge in [-0.15, -0.1) is 0 Å². The second kappa shape index (κ2) is 5.29. The maximum Gasteiger partial charge on any atom is 0.253 e. The molecule has 0 saturated carbocycles. The lowest BCUT2D eigenvalue weighted by Gasteiger charge is -1.99. The molecule has 1 heterocycles. The molecular weight excluding hydrogens is 245 g/mol. The molecule has 0 spiro atoms. The van der Waals surface area contributed by atoms with E-state index in [-0.39, 0.29) is 11.4 Å². The molecule has 0 fully saturated rings. The summed E-state index contributed by atoms with van der Waals surface area (Å²) in [5.41, 5.74) is 6.36. The van der Waals surface area contributed by atoms with Gasteiger partial charge in [0.2, 0.25) is 0 Å². The highest BCUT2D eigenvalue weighted by molar-refractivity contribution is 7.99. The van der Waals surface area contributed by atoms with Crippen molar-refractivity contribution in [2.75, 3.05) is 11.5 Å². The monoisotopic (exact) mass is 251 g/mol. The highest BCUT2D eigenvalue weighted by atomic mass is 35.5. The van der Waals surface area contributed by atoms with Crippen molar-refractivity contribution in [2.45, 2.75) is 5.16 Å². The topological polar surface area (TPSA) is 71.8 Å². The van der Waals surface area contributed by atoms with Crippen molar-refractivity contribution in [3.05, 3.63) is 27.0 Å². The third-order valence-electron chi connectivity index (χ3n) is 1.20. The van der Waals surface area contributed by atoms with Crippen LogP contribution in [-0.4, -0.2) is 15.7 Å². The molecule has 76 valence electrons. The van der Waals surface area contributed by atoms with Crippen LogP contribution in [0.25, 0.3) is 0 Å². The van der Waals surface area contributed by atoms with E-state index >= 15 is 0 Å². The predicted molar refractivity (Wildman–Crippen MR) is 59.8 cm³/mol. The summed E-state index contributed by atoms with van der Waals surface area (Å²) in [5.74, 6) is 0.625. The van der Waals surface area contributed by atoms with E-state index in [1.54, 1.807) is 0 Å². The van der Waals surface area contributed by atoms with Crippen LogP contribution in [0.5, 0.6) is 0 Å². The maximum absolute atomic E-state index is 11.0. The Kier molecular flexibility index (Phi) is 4.31. The molecule has 1 aromatic rings. The smallest absolute Gasteiger partial charge is 0.253 e. The van der Waals surface area contributed by atoms with E-state index in [0.29, 0.717) is 15.9 Å². The van der Waals surface area contributed by atoms with Crippen LogP contribution in [0.4, 0.5) is 5.82 Å². The highest BCUT2D eigenvalue weighted by Gasteiger charge is 2.00. The predicted octanol–water partition coefficient (Wildman–Crippen LogP) is 1.76. The number of nitrogens with two attached hydrogens (primary N) is 1. The number of halogens is 2. The number of nitrogens with one attached hydrogen (secondary N) is 1. The normalized spacial score (nSPS) is 11.7. The average molecular weight is 252 g/mol. The zero-order valence-corrected chi connectivity index (χ0v) is 9.29. The Balaban J connectivity index is 2.73. The van der Waals surface area contributed by atoms with Gasteiger partial charge in [-0.25, -0.2) is 4.98 Å². The summed E-state index contributed by atoms with van der Waals surface area (Å²) >= 11 is 12.3. The molecule has 0 radical (unpaired) electrons. The maximum atomic E-state index is 11.0. The fraction of sp³-hybridized carbons (Fsp3) is 0.143. The van der Waals surface area contributed by atoms with Crippen molar-refractivity contribution in [3.63, 3.8) is 0 Å². The third-order valence-corrected chi connectivity index (χ3v) is 2.90. The Morgan fingerprint density at radius 3 is 3.07 bits per heavy atom. The molecule has 0 aliphatic carbocycles. The van der Waals surface area contributed by atoms with Gasteiger partial charge >= 0.3 is 0 Å². The van der Waals surface area contributed by atoms with Gasteiger partial charge in [0.05, 0.1) is 0 Å². The van der Waals surface area contributed by atoms with E-state index in [1.807, 2.05) is 0 Å². The summed E-state index contributed by atoms with van der Waals surface area (Å²) in [6.07, 6.45) is 0. The molecule has 0 aliphatic heterocycles. The number of hydrogen-bond donors (Lipinski definition) is 2. The van der Waals surface area contributed by atoms with Crippen LogP contribution in [0.1, 0.15) is 0 Å². The number of anilines is 1. The molecular formula is C7H7Cl2N3OS. The summed E-state index contributed by atoms with van der Waals surface area (Å²) in [6.45, 7) is 0. The summed E-state index contributed by atoms with van der Waals surface area (Å²) in [4.78, 5) is 17.4. The number of rotatable bonds is 3. The SMILES string of the molecule is Nc1cc(=O)[nH]c(SC/C(Cl)=C/Cl)n1. The number of nitrogens with zero attached hydrogens (tertiary/aromatic N) is 1. The van der Waals surface area contributed by atoms with E-state index in [4.69, 9.17) is 28.9 Å². The first-order chi connectivity index (χ1) is 6.61. The highest BCUT2D eigenvalue weighted by Crippen LogP contribution is 2.18. The lowest BCUT2D eigenvalue weighted by molar-refractivity contribution is 0.947. The molecule has 0 amide bonds. The van der Waals surface area contributed by atoms with Gasteiger partial charge in [0.1, 0.15) is 5.82 Å². The Labute approximate surface area is 94.5 Å². The van der Waals surface area contributed by atoms with E-state index in [1.165, 1.54) is 23.4 Å². The molecule has 0 saturated heterocycles. The molecule has 0 aromatic carbocycles. The van der Waals surface area contributed by atoms with Crippen molar-refractivity contribution < 1.29 is 0 Å². The third kappa shape index (κ3) is 3.61. The van der Waals surface area contributed by atoms with Crippen molar-refractivity contribution in [2.24, 2.45) is 0 Å². The second-order valence-electron chi connectivity index (χ2n) is 2.32. The van der Waals surface area contributed by atoms with Crippen LogP contribution in [-0.2, 0) is 0 Å². The van der Waals surface area contributed by atoms with Crippen LogP contribution >= 0.6 is 35.0 Å². The fourth-order valence-electron chi connectivity index (χ4n) is 0.690. The van der Waals surface area contributed by atoms with Gasteiger partial charge in [-0.2, -0.15) is 0 Å². The number of H-pyrrole nitrogens is 1. The minimum Gasteiger partial charge on any atom is -0.383 e. The van der Waals surface area contributed by atoms with Crippen LogP contribution in [0.2, 0.25) is 0 Å². The Bertz CT molecular complexity index is 404. The van der Waals surface area contributed by atoms with Gasteiger partial charge in [-0.1, -0.05) is 35.0 Å². The fourth-order valence-corrected chi connectivity index (χ4v) is 1.72. The molecule has 0 aliphatic rings. The molecule has 7 heteroatoms. The average Bonchev–Trinajstić information content (AvgIpc) is 2.12. The van der Waals surface area contributed by atoms with Crippen LogP contribution in [0.15, 0.2) is 26.6 Å². The van der Waals surface area contributed by atoms with Gasteiger partial charge in [-0.3, -0.25) is 4.79 Å². The first-order valence-corrected chi connectivity index (χ1v) is 5.36. The number of aromatic amines is 1. The van der Waals surface area contributed by atoms with Crippen LogP contribution < -0.4 is 11.3 Å². The zero-order valence-electron chi connectivity index (χ0n) is 6.96. The van der Waals surface area contributed by atoms with Crippen molar-refractivity contribution >= 4 is 40.8 Å².